The molecule has 0 saturated carbocycles. The van der Waals surface area contributed by atoms with Crippen LogP contribution in [0.3, 0.4) is 0 Å². The first-order valence-corrected chi connectivity index (χ1v) is 5.03. The number of aryl methyl sites for hydroxylation is 1. The molecule has 1 aromatic heterocycles. The monoisotopic (exact) mass is 218 g/mol. The Balaban J connectivity index is 2.50. The minimum Gasteiger partial charge on any atom is -0.397 e. The number of nitrogens with two attached hydrogens (primary N) is 1. The van der Waals surface area contributed by atoms with E-state index in [4.69, 9.17) is 17.3 Å². The van der Waals surface area contributed by atoms with Gasteiger partial charge in [0, 0.05) is 10.6 Å². The maximum atomic E-state index is 5.91. The zero-order chi connectivity index (χ0) is 10.8. The summed E-state index contributed by atoms with van der Waals surface area (Å²) < 4.78 is 0. The molecule has 1 heterocycles. The van der Waals surface area contributed by atoms with Crippen molar-refractivity contribution in [2.75, 3.05) is 5.73 Å². The van der Waals surface area contributed by atoms with E-state index < -0.39 is 0 Å². The summed E-state index contributed by atoms with van der Waals surface area (Å²) in [4.78, 5) is 4.40. The number of rotatable bonds is 1. The average Bonchev–Trinajstić information content (AvgIpc) is 2.22. The molecule has 0 radical (unpaired) electrons. The van der Waals surface area contributed by atoms with Gasteiger partial charge in [-0.1, -0.05) is 23.7 Å². The van der Waals surface area contributed by atoms with E-state index in [-0.39, 0.29) is 0 Å². The summed E-state index contributed by atoms with van der Waals surface area (Å²) in [6.07, 6.45) is 0. The predicted octanol–water partition coefficient (Wildman–Crippen LogP) is 3.29. The second-order valence-corrected chi connectivity index (χ2v) is 3.82. The van der Waals surface area contributed by atoms with Gasteiger partial charge in [0.15, 0.2) is 0 Å². The van der Waals surface area contributed by atoms with Crippen LogP contribution in [0.2, 0.25) is 5.02 Å². The van der Waals surface area contributed by atoms with Crippen LogP contribution < -0.4 is 5.73 Å². The lowest BCUT2D eigenvalue weighted by molar-refractivity contribution is 1.21. The number of benzene rings is 1. The summed E-state index contributed by atoms with van der Waals surface area (Å²) in [5, 5.41) is 0.712. The summed E-state index contributed by atoms with van der Waals surface area (Å²) in [5.74, 6) is 0. The first-order valence-electron chi connectivity index (χ1n) is 4.66. The molecule has 0 aliphatic carbocycles. The standard InChI is InChI=1S/C12H11ClN2/c1-8-11(14)5-6-12(15-8)9-3-2-4-10(13)7-9/h2-7H,14H2,1H3. The van der Waals surface area contributed by atoms with Crippen LogP contribution in [0.15, 0.2) is 36.4 Å². The first-order chi connectivity index (χ1) is 7.16. The Morgan fingerprint density at radius 2 is 2.00 bits per heavy atom. The van der Waals surface area contributed by atoms with E-state index in [1.165, 1.54) is 0 Å². The molecule has 2 N–H and O–H groups in total. The topological polar surface area (TPSA) is 38.9 Å². The maximum absolute atomic E-state index is 5.91. The van der Waals surface area contributed by atoms with E-state index in [0.29, 0.717) is 10.7 Å². The number of halogens is 1. The molecule has 0 aliphatic heterocycles. The molecular weight excluding hydrogens is 208 g/mol. The smallest absolute Gasteiger partial charge is 0.0707 e. The van der Waals surface area contributed by atoms with Crippen molar-refractivity contribution in [3.63, 3.8) is 0 Å². The molecule has 0 amide bonds. The fourth-order valence-corrected chi connectivity index (χ4v) is 1.57. The maximum Gasteiger partial charge on any atom is 0.0707 e. The Hall–Kier alpha value is -1.54. The molecule has 3 heteroatoms. The largest absolute Gasteiger partial charge is 0.397 e. The fraction of sp³-hybridized carbons (Fsp3) is 0.0833. The van der Waals surface area contributed by atoms with Crippen molar-refractivity contribution < 1.29 is 0 Å². The van der Waals surface area contributed by atoms with Crippen LogP contribution in [0.4, 0.5) is 5.69 Å². The Morgan fingerprint density at radius 1 is 1.20 bits per heavy atom. The van der Waals surface area contributed by atoms with Gasteiger partial charge in [-0.2, -0.15) is 0 Å². The van der Waals surface area contributed by atoms with Crippen LogP contribution in [-0.4, -0.2) is 4.98 Å². The molecule has 2 nitrogen and oxygen atoms in total. The molecule has 15 heavy (non-hydrogen) atoms. The minimum atomic E-state index is 0.709. The summed E-state index contributed by atoms with van der Waals surface area (Å²) in [7, 11) is 0. The second-order valence-electron chi connectivity index (χ2n) is 3.38. The normalized spacial score (nSPS) is 10.3. The van der Waals surface area contributed by atoms with Crippen LogP contribution >= 0.6 is 11.6 Å². The molecule has 76 valence electrons. The zero-order valence-corrected chi connectivity index (χ0v) is 9.12. The highest BCUT2D eigenvalue weighted by molar-refractivity contribution is 6.30. The number of hydrogen-bond acceptors (Lipinski definition) is 2. The van der Waals surface area contributed by atoms with Gasteiger partial charge in [-0.3, -0.25) is 4.98 Å². The van der Waals surface area contributed by atoms with Gasteiger partial charge in [0.05, 0.1) is 17.1 Å². The predicted molar refractivity (Wildman–Crippen MR) is 63.8 cm³/mol. The molecule has 0 aliphatic rings. The molecule has 0 bridgehead atoms. The third-order valence-electron chi connectivity index (χ3n) is 2.25. The lowest BCUT2D eigenvalue weighted by Gasteiger charge is -2.04. The number of nitrogens with zero attached hydrogens (tertiary/aromatic N) is 1. The number of anilines is 1. The molecule has 0 unspecified atom stereocenters. The molecule has 0 spiro atoms. The highest BCUT2D eigenvalue weighted by Gasteiger charge is 2.01. The minimum absolute atomic E-state index is 0.709. The van der Waals surface area contributed by atoms with Gasteiger partial charge in [0.25, 0.3) is 0 Å². The van der Waals surface area contributed by atoms with Gasteiger partial charge in [0.1, 0.15) is 0 Å². The highest BCUT2D eigenvalue weighted by atomic mass is 35.5. The zero-order valence-electron chi connectivity index (χ0n) is 8.37. The van der Waals surface area contributed by atoms with Gasteiger partial charge < -0.3 is 5.73 Å². The number of aromatic nitrogens is 1. The van der Waals surface area contributed by atoms with E-state index >= 15 is 0 Å². The van der Waals surface area contributed by atoms with E-state index in [0.717, 1.165) is 17.0 Å². The van der Waals surface area contributed by atoms with E-state index in [9.17, 15) is 0 Å². The van der Waals surface area contributed by atoms with Crippen molar-refractivity contribution in [3.8, 4) is 11.3 Å². The Kier molecular flexibility index (Phi) is 2.60. The number of hydrogen-bond donors (Lipinski definition) is 1. The van der Waals surface area contributed by atoms with Crippen LogP contribution in [0, 0.1) is 6.92 Å². The van der Waals surface area contributed by atoms with Gasteiger partial charge >= 0.3 is 0 Å². The van der Waals surface area contributed by atoms with Gasteiger partial charge in [-0.05, 0) is 31.2 Å². The fourth-order valence-electron chi connectivity index (χ4n) is 1.38. The van der Waals surface area contributed by atoms with Crippen molar-refractivity contribution >= 4 is 17.3 Å². The van der Waals surface area contributed by atoms with E-state index in [2.05, 4.69) is 4.98 Å². The van der Waals surface area contributed by atoms with Crippen molar-refractivity contribution in [1.82, 2.24) is 4.98 Å². The van der Waals surface area contributed by atoms with Crippen molar-refractivity contribution in [2.45, 2.75) is 6.92 Å². The van der Waals surface area contributed by atoms with Crippen LogP contribution in [0.5, 0.6) is 0 Å². The van der Waals surface area contributed by atoms with Crippen molar-refractivity contribution in [3.05, 3.63) is 47.1 Å². The highest BCUT2D eigenvalue weighted by Crippen LogP contribution is 2.22. The van der Waals surface area contributed by atoms with Crippen molar-refractivity contribution in [2.24, 2.45) is 0 Å². The molecular formula is C12H11ClN2. The number of pyridine rings is 1. The lowest BCUT2D eigenvalue weighted by atomic mass is 10.1. The van der Waals surface area contributed by atoms with E-state index in [1.807, 2.05) is 43.3 Å². The van der Waals surface area contributed by atoms with Crippen LogP contribution in [0.25, 0.3) is 11.3 Å². The lowest BCUT2D eigenvalue weighted by Crippen LogP contribution is -1.94. The third-order valence-corrected chi connectivity index (χ3v) is 2.48. The third kappa shape index (κ3) is 2.10. The summed E-state index contributed by atoms with van der Waals surface area (Å²) in [6.45, 7) is 1.89. The van der Waals surface area contributed by atoms with Crippen LogP contribution in [0.1, 0.15) is 5.69 Å². The molecule has 0 saturated heterocycles. The molecule has 2 aromatic rings. The second kappa shape index (κ2) is 3.91. The molecule has 1 aromatic carbocycles. The Morgan fingerprint density at radius 3 is 2.67 bits per heavy atom. The summed E-state index contributed by atoms with van der Waals surface area (Å²) in [5.41, 5.74) is 9.16. The summed E-state index contributed by atoms with van der Waals surface area (Å²) >= 11 is 5.91. The SMILES string of the molecule is Cc1nc(-c2cccc(Cl)c2)ccc1N. The van der Waals surface area contributed by atoms with E-state index in [1.54, 1.807) is 0 Å². The Bertz CT molecular complexity index is 495. The average molecular weight is 219 g/mol. The quantitative estimate of drug-likeness (QED) is 0.798. The molecule has 2 rings (SSSR count). The van der Waals surface area contributed by atoms with Gasteiger partial charge in [-0.15, -0.1) is 0 Å². The van der Waals surface area contributed by atoms with Crippen LogP contribution in [-0.2, 0) is 0 Å². The first kappa shape index (κ1) is 9.99. The molecule has 0 atom stereocenters. The van der Waals surface area contributed by atoms with Crippen molar-refractivity contribution in [1.29, 1.82) is 0 Å². The van der Waals surface area contributed by atoms with Gasteiger partial charge in [0.2, 0.25) is 0 Å². The Labute approximate surface area is 93.7 Å². The molecule has 0 fully saturated rings. The van der Waals surface area contributed by atoms with Gasteiger partial charge in [-0.25, -0.2) is 0 Å². The summed E-state index contributed by atoms with van der Waals surface area (Å²) in [6, 6.07) is 11.4. The number of nitrogen functional groups attached to an aromatic ring is 1.